The van der Waals surface area contributed by atoms with Crippen LogP contribution in [-0.2, 0) is 0 Å². The largest absolute Gasteiger partial charge is 0.496 e. The lowest BCUT2D eigenvalue weighted by atomic mass is 10.2. The molecule has 3 nitrogen and oxygen atoms in total. The molecule has 1 heterocycles. The lowest BCUT2D eigenvalue weighted by molar-refractivity contribution is 0.412. The van der Waals surface area contributed by atoms with E-state index < -0.39 is 0 Å². The number of methoxy groups -OCH3 is 1. The molecule has 0 spiro atoms. The van der Waals surface area contributed by atoms with Gasteiger partial charge >= 0.3 is 0 Å². The van der Waals surface area contributed by atoms with Crippen LogP contribution in [0.1, 0.15) is 31.2 Å². The van der Waals surface area contributed by atoms with E-state index in [0.717, 1.165) is 35.8 Å². The maximum Gasteiger partial charge on any atom is 0.121 e. The van der Waals surface area contributed by atoms with Gasteiger partial charge in [-0.15, -0.1) is 0 Å². The Morgan fingerprint density at radius 2 is 2.12 bits per heavy atom. The molecule has 92 valence electrons. The molecule has 1 aromatic carbocycles. The Bertz CT molecular complexity index is 413. The number of benzene rings is 1. The van der Waals surface area contributed by atoms with Crippen molar-refractivity contribution in [1.29, 1.82) is 0 Å². The Kier molecular flexibility index (Phi) is 4.02. The van der Waals surface area contributed by atoms with Crippen LogP contribution in [-0.4, -0.2) is 19.5 Å². The fraction of sp³-hybridized carbons (Fsp3) is 0.500. The molecule has 0 saturated heterocycles. The van der Waals surface area contributed by atoms with Crippen molar-refractivity contribution in [2.75, 3.05) is 19.0 Å². The minimum absolute atomic E-state index is 0.929. The predicted molar refractivity (Wildman–Crippen MR) is 72.1 cm³/mol. The summed E-state index contributed by atoms with van der Waals surface area (Å²) in [6.07, 6.45) is 4.80. The Hall–Kier alpha value is -1.51. The molecule has 0 bridgehead atoms. The van der Waals surface area contributed by atoms with E-state index in [0.29, 0.717) is 0 Å². The number of rotatable bonds is 2. The van der Waals surface area contributed by atoms with Gasteiger partial charge in [0.25, 0.3) is 0 Å². The molecule has 0 aromatic heterocycles. The van der Waals surface area contributed by atoms with Gasteiger partial charge in [-0.2, -0.15) is 0 Å². The van der Waals surface area contributed by atoms with E-state index in [9.17, 15) is 0 Å². The van der Waals surface area contributed by atoms with Crippen LogP contribution in [0, 0.1) is 6.92 Å². The molecule has 0 fully saturated rings. The first-order chi connectivity index (χ1) is 8.29. The van der Waals surface area contributed by atoms with Gasteiger partial charge in [0.1, 0.15) is 11.6 Å². The van der Waals surface area contributed by atoms with Crippen molar-refractivity contribution in [1.82, 2.24) is 0 Å². The molecule has 1 aliphatic heterocycles. The van der Waals surface area contributed by atoms with Crippen molar-refractivity contribution in [3.05, 3.63) is 23.8 Å². The minimum Gasteiger partial charge on any atom is -0.496 e. The molecular weight excluding hydrogens is 212 g/mol. The van der Waals surface area contributed by atoms with Gasteiger partial charge in [0.15, 0.2) is 0 Å². The van der Waals surface area contributed by atoms with Crippen molar-refractivity contribution in [2.45, 2.75) is 32.6 Å². The predicted octanol–water partition coefficient (Wildman–Crippen LogP) is 3.39. The molecule has 1 aromatic rings. The van der Waals surface area contributed by atoms with Gasteiger partial charge in [0, 0.05) is 18.7 Å². The molecule has 3 heteroatoms. The van der Waals surface area contributed by atoms with Gasteiger partial charge in [-0.25, -0.2) is 0 Å². The lowest BCUT2D eigenvalue weighted by Crippen LogP contribution is -2.11. The average Bonchev–Trinajstić information content (AvgIpc) is 2.58. The summed E-state index contributed by atoms with van der Waals surface area (Å²) in [4.78, 5) is 4.57. The van der Waals surface area contributed by atoms with Crippen molar-refractivity contribution in [3.63, 3.8) is 0 Å². The Balaban J connectivity index is 2.07. The number of nitrogens with zero attached hydrogens (tertiary/aromatic N) is 1. The van der Waals surface area contributed by atoms with Crippen LogP contribution in [0.2, 0.25) is 0 Å². The van der Waals surface area contributed by atoms with E-state index in [1.54, 1.807) is 7.11 Å². The monoisotopic (exact) mass is 232 g/mol. The van der Waals surface area contributed by atoms with Crippen molar-refractivity contribution < 1.29 is 4.74 Å². The zero-order chi connectivity index (χ0) is 12.1. The number of nitrogens with one attached hydrogen (secondary N) is 1. The second kappa shape index (κ2) is 5.71. The van der Waals surface area contributed by atoms with Crippen LogP contribution < -0.4 is 10.1 Å². The number of anilines is 1. The van der Waals surface area contributed by atoms with Crippen LogP contribution in [0.5, 0.6) is 5.75 Å². The average molecular weight is 232 g/mol. The topological polar surface area (TPSA) is 33.6 Å². The fourth-order valence-electron chi connectivity index (χ4n) is 2.10. The van der Waals surface area contributed by atoms with Crippen LogP contribution in [0.3, 0.4) is 0 Å². The normalized spacial score (nSPS) is 16.0. The van der Waals surface area contributed by atoms with E-state index in [2.05, 4.69) is 23.3 Å². The number of aliphatic imine (C=N–C) groups is 1. The van der Waals surface area contributed by atoms with Gasteiger partial charge in [-0.3, -0.25) is 4.99 Å². The maximum absolute atomic E-state index is 5.25. The van der Waals surface area contributed by atoms with Crippen LogP contribution in [0.25, 0.3) is 0 Å². The number of ether oxygens (including phenoxy) is 1. The van der Waals surface area contributed by atoms with E-state index in [1.807, 2.05) is 12.1 Å². The number of hydrogen-bond donors (Lipinski definition) is 1. The van der Waals surface area contributed by atoms with E-state index >= 15 is 0 Å². The van der Waals surface area contributed by atoms with Gasteiger partial charge in [0.05, 0.1) is 7.11 Å². The van der Waals surface area contributed by atoms with E-state index in [4.69, 9.17) is 4.74 Å². The van der Waals surface area contributed by atoms with E-state index in [1.165, 1.54) is 19.3 Å². The van der Waals surface area contributed by atoms with Crippen molar-refractivity contribution >= 4 is 11.5 Å². The highest BCUT2D eigenvalue weighted by Crippen LogP contribution is 2.22. The summed E-state index contributed by atoms with van der Waals surface area (Å²) >= 11 is 0. The van der Waals surface area contributed by atoms with E-state index in [-0.39, 0.29) is 0 Å². The minimum atomic E-state index is 0.929. The van der Waals surface area contributed by atoms with Crippen LogP contribution in [0.4, 0.5) is 5.69 Å². The highest BCUT2D eigenvalue weighted by atomic mass is 16.5. The molecule has 0 saturated carbocycles. The highest BCUT2D eigenvalue weighted by Gasteiger charge is 2.05. The molecule has 0 aliphatic carbocycles. The molecule has 1 N–H and O–H groups in total. The maximum atomic E-state index is 5.25. The summed E-state index contributed by atoms with van der Waals surface area (Å²) in [7, 11) is 1.70. The second-order valence-corrected chi connectivity index (χ2v) is 4.45. The van der Waals surface area contributed by atoms with Gasteiger partial charge in [-0.1, -0.05) is 6.42 Å². The van der Waals surface area contributed by atoms with Crippen LogP contribution >= 0.6 is 0 Å². The summed E-state index contributed by atoms with van der Waals surface area (Å²) in [6, 6.07) is 6.14. The SMILES string of the molecule is COc1ccc(NC2=NCCCCC2)cc1C. The fourth-order valence-corrected chi connectivity index (χ4v) is 2.10. The third-order valence-electron chi connectivity index (χ3n) is 3.06. The first-order valence-corrected chi connectivity index (χ1v) is 6.24. The number of aryl methyl sites for hydroxylation is 1. The molecule has 0 amide bonds. The zero-order valence-corrected chi connectivity index (χ0v) is 10.6. The Morgan fingerprint density at radius 1 is 1.24 bits per heavy atom. The quantitative estimate of drug-likeness (QED) is 0.848. The molecular formula is C14H20N2O. The van der Waals surface area contributed by atoms with Gasteiger partial charge < -0.3 is 10.1 Å². The highest BCUT2D eigenvalue weighted by molar-refractivity contribution is 5.95. The zero-order valence-electron chi connectivity index (χ0n) is 10.6. The number of hydrogen-bond acceptors (Lipinski definition) is 3. The summed E-state index contributed by atoms with van der Waals surface area (Å²) in [5, 5.41) is 3.41. The first-order valence-electron chi connectivity index (χ1n) is 6.24. The van der Waals surface area contributed by atoms with Gasteiger partial charge in [-0.05, 0) is 43.5 Å². The molecule has 0 atom stereocenters. The molecule has 0 unspecified atom stereocenters. The van der Waals surface area contributed by atoms with Gasteiger partial charge in [0.2, 0.25) is 0 Å². The summed E-state index contributed by atoms with van der Waals surface area (Å²) in [6.45, 7) is 3.01. The third kappa shape index (κ3) is 3.22. The van der Waals surface area contributed by atoms with Crippen LogP contribution in [0.15, 0.2) is 23.2 Å². The number of amidine groups is 1. The molecule has 0 radical (unpaired) electrons. The molecule has 1 aliphatic rings. The Morgan fingerprint density at radius 3 is 2.88 bits per heavy atom. The standard InChI is InChI=1S/C14H20N2O/c1-11-10-12(7-8-13(11)17-2)16-14-6-4-3-5-9-15-14/h7-8,10H,3-6,9H2,1-2H3,(H,15,16). The summed E-state index contributed by atoms with van der Waals surface area (Å²) in [5.41, 5.74) is 2.25. The Labute approximate surface area is 103 Å². The summed E-state index contributed by atoms with van der Waals surface area (Å²) < 4.78 is 5.25. The molecule has 17 heavy (non-hydrogen) atoms. The first kappa shape index (κ1) is 12.0. The molecule has 2 rings (SSSR count). The summed E-state index contributed by atoms with van der Waals surface area (Å²) in [5.74, 6) is 2.05. The third-order valence-corrected chi connectivity index (χ3v) is 3.06. The lowest BCUT2D eigenvalue weighted by Gasteiger charge is -2.11. The smallest absolute Gasteiger partial charge is 0.121 e. The van der Waals surface area contributed by atoms with Crippen molar-refractivity contribution in [3.8, 4) is 5.75 Å². The second-order valence-electron chi connectivity index (χ2n) is 4.45. The van der Waals surface area contributed by atoms with Crippen molar-refractivity contribution in [2.24, 2.45) is 4.99 Å².